The highest BCUT2D eigenvalue weighted by atomic mass is 33.2. The first-order valence-electron chi connectivity index (χ1n) is 1.03. The standard InChI is InChI=1S/H2O3S4/c1-4-6-3-7-5-2/h1-2H. The quantitative estimate of drug-likeness (QED) is 0.389. The Morgan fingerprint density at radius 3 is 1.71 bits per heavy atom. The van der Waals surface area contributed by atoms with Crippen LogP contribution >= 0.6 is 44.3 Å². The maximum absolute atomic E-state index is 7.94. The molecular weight excluding hydrogens is 176 g/mol. The molecule has 0 aliphatic rings. The fraction of sp³-hybridized carbons (Fsp3) is 0. The summed E-state index contributed by atoms with van der Waals surface area (Å²) in [5.41, 5.74) is 0. The largest absolute Gasteiger partial charge is 0.319 e. The second-order valence-corrected chi connectivity index (χ2v) is 3.18. The smallest absolute Gasteiger partial charge is 0.108 e. The van der Waals surface area contributed by atoms with E-state index in [0.717, 1.165) is 22.1 Å². The van der Waals surface area contributed by atoms with Crippen LogP contribution in [0.5, 0.6) is 0 Å². The molecule has 0 spiro atoms. The molecule has 0 aliphatic heterocycles. The van der Waals surface area contributed by atoms with E-state index >= 15 is 0 Å². The predicted molar refractivity (Wildman–Crippen MR) is 36.7 cm³/mol. The maximum atomic E-state index is 7.94. The summed E-state index contributed by atoms with van der Waals surface area (Å²) in [4.78, 5) is 0. The summed E-state index contributed by atoms with van der Waals surface area (Å²) in [5.74, 6) is 0. The molecular formula is H2O3S4. The van der Waals surface area contributed by atoms with Gasteiger partial charge in [-0.25, -0.2) is 3.63 Å². The number of hydrogen-bond acceptors (Lipinski definition) is 7. The molecule has 0 atom stereocenters. The summed E-state index contributed by atoms with van der Waals surface area (Å²) in [6.45, 7) is 0. The van der Waals surface area contributed by atoms with Gasteiger partial charge < -0.3 is 9.11 Å². The molecule has 0 bridgehead atoms. The molecule has 0 aromatic carbocycles. The van der Waals surface area contributed by atoms with Crippen molar-refractivity contribution >= 4 is 44.3 Å². The third-order valence-corrected chi connectivity index (χ3v) is 2.05. The van der Waals surface area contributed by atoms with Crippen LogP contribution in [-0.4, -0.2) is 9.11 Å². The van der Waals surface area contributed by atoms with Gasteiger partial charge in [0.2, 0.25) is 0 Å². The second-order valence-electron chi connectivity index (χ2n) is 0.353. The lowest BCUT2D eigenvalue weighted by molar-refractivity contribution is 0.669. The van der Waals surface area contributed by atoms with E-state index in [9.17, 15) is 0 Å². The van der Waals surface area contributed by atoms with Crippen LogP contribution in [0, 0.1) is 0 Å². The Bertz CT molecular complexity index is 26.1. The molecule has 0 amide bonds. The Morgan fingerprint density at radius 1 is 1.00 bits per heavy atom. The molecule has 0 heterocycles. The van der Waals surface area contributed by atoms with Crippen LogP contribution < -0.4 is 0 Å². The van der Waals surface area contributed by atoms with E-state index in [1.165, 1.54) is 0 Å². The molecule has 0 aliphatic carbocycles. The van der Waals surface area contributed by atoms with Gasteiger partial charge in [-0.3, -0.25) is 0 Å². The van der Waals surface area contributed by atoms with Crippen LogP contribution in [0.1, 0.15) is 0 Å². The lowest BCUT2D eigenvalue weighted by Crippen LogP contribution is -1.50. The van der Waals surface area contributed by atoms with E-state index in [0.29, 0.717) is 22.1 Å². The Balaban J connectivity index is 2.45. The monoisotopic (exact) mass is 178 g/mol. The van der Waals surface area contributed by atoms with E-state index in [2.05, 4.69) is 3.63 Å². The molecule has 0 radical (unpaired) electrons. The Kier molecular flexibility index (Phi) is 8.61. The zero-order valence-electron chi connectivity index (χ0n) is 2.94. The minimum absolute atomic E-state index is 0.491. The fourth-order valence-corrected chi connectivity index (χ4v) is 1.59. The van der Waals surface area contributed by atoms with Crippen molar-refractivity contribution in [1.82, 2.24) is 0 Å². The summed E-state index contributed by atoms with van der Waals surface area (Å²) >= 11 is 2.56. The maximum Gasteiger partial charge on any atom is 0.108 e. The van der Waals surface area contributed by atoms with Gasteiger partial charge in [0.1, 0.15) is 22.1 Å². The Morgan fingerprint density at radius 2 is 1.43 bits per heavy atom. The van der Waals surface area contributed by atoms with Crippen molar-refractivity contribution in [2.45, 2.75) is 0 Å². The van der Waals surface area contributed by atoms with Crippen molar-refractivity contribution in [2.24, 2.45) is 0 Å². The summed E-state index contributed by atoms with van der Waals surface area (Å²) < 4.78 is 20.3. The van der Waals surface area contributed by atoms with E-state index in [4.69, 9.17) is 9.11 Å². The highest BCUT2D eigenvalue weighted by Crippen LogP contribution is 2.30. The SMILES string of the molecule is OSSOSSO. The lowest BCUT2D eigenvalue weighted by Gasteiger charge is -1.87. The third kappa shape index (κ3) is 7.28. The zero-order chi connectivity index (χ0) is 5.54. The number of hydrogen-bond donors (Lipinski definition) is 2. The zero-order valence-corrected chi connectivity index (χ0v) is 6.20. The summed E-state index contributed by atoms with van der Waals surface area (Å²) in [5, 5.41) is 0. The van der Waals surface area contributed by atoms with Crippen molar-refractivity contribution in [3.63, 3.8) is 0 Å². The van der Waals surface area contributed by atoms with Crippen LogP contribution in [0.2, 0.25) is 0 Å². The predicted octanol–water partition coefficient (Wildman–Crippen LogP) is 2.54. The molecule has 0 aromatic heterocycles. The molecule has 7 heteroatoms. The molecule has 0 saturated carbocycles. The van der Waals surface area contributed by atoms with Gasteiger partial charge in [-0.2, -0.15) is 0 Å². The minimum Gasteiger partial charge on any atom is -0.319 e. The molecule has 0 rings (SSSR count). The van der Waals surface area contributed by atoms with Crippen molar-refractivity contribution < 1.29 is 12.7 Å². The van der Waals surface area contributed by atoms with Crippen molar-refractivity contribution in [2.75, 3.05) is 0 Å². The van der Waals surface area contributed by atoms with Gasteiger partial charge in [0.05, 0.1) is 22.1 Å². The van der Waals surface area contributed by atoms with E-state index < -0.39 is 0 Å². The third-order valence-electron chi connectivity index (χ3n) is 0.116. The van der Waals surface area contributed by atoms with Gasteiger partial charge in [0.15, 0.2) is 0 Å². The first kappa shape index (κ1) is 8.28. The summed E-state index contributed by atoms with van der Waals surface area (Å²) in [6, 6.07) is 0. The van der Waals surface area contributed by atoms with Gasteiger partial charge in [-0.1, -0.05) is 0 Å². The van der Waals surface area contributed by atoms with Crippen LogP contribution in [0.4, 0.5) is 0 Å². The van der Waals surface area contributed by atoms with Crippen molar-refractivity contribution in [1.29, 1.82) is 0 Å². The van der Waals surface area contributed by atoms with Crippen LogP contribution in [0.25, 0.3) is 0 Å². The van der Waals surface area contributed by atoms with E-state index in [1.54, 1.807) is 0 Å². The first-order valence-corrected chi connectivity index (χ1v) is 5.10. The molecule has 3 nitrogen and oxygen atoms in total. The summed E-state index contributed by atoms with van der Waals surface area (Å²) in [6.07, 6.45) is 0. The Labute approximate surface area is 57.2 Å². The van der Waals surface area contributed by atoms with Gasteiger partial charge in [-0.15, -0.1) is 0 Å². The highest BCUT2D eigenvalue weighted by Gasteiger charge is 1.85. The normalized spacial score (nSPS) is 9.43. The van der Waals surface area contributed by atoms with Gasteiger partial charge in [0, 0.05) is 0 Å². The molecule has 0 fully saturated rings. The average Bonchev–Trinajstić information content (AvgIpc) is 1.69. The van der Waals surface area contributed by atoms with Gasteiger partial charge in [0.25, 0.3) is 0 Å². The second kappa shape index (κ2) is 7.28. The molecule has 0 saturated heterocycles. The van der Waals surface area contributed by atoms with Gasteiger partial charge >= 0.3 is 0 Å². The first-order chi connectivity index (χ1) is 3.41. The van der Waals surface area contributed by atoms with Gasteiger partial charge in [-0.05, 0) is 0 Å². The summed E-state index contributed by atoms with van der Waals surface area (Å²) in [7, 11) is 0. The van der Waals surface area contributed by atoms with Crippen molar-refractivity contribution in [3.05, 3.63) is 0 Å². The molecule has 2 N–H and O–H groups in total. The Hall–Kier alpha value is 1.28. The topological polar surface area (TPSA) is 49.7 Å². The van der Waals surface area contributed by atoms with E-state index in [-0.39, 0.29) is 0 Å². The van der Waals surface area contributed by atoms with Crippen molar-refractivity contribution in [3.8, 4) is 0 Å². The molecule has 44 valence electrons. The fourth-order valence-electron chi connectivity index (χ4n) is 0.0362. The molecule has 7 heavy (non-hydrogen) atoms. The van der Waals surface area contributed by atoms with Crippen LogP contribution in [-0.2, 0) is 3.63 Å². The van der Waals surface area contributed by atoms with Crippen LogP contribution in [0.15, 0.2) is 0 Å². The highest BCUT2D eigenvalue weighted by molar-refractivity contribution is 8.79. The molecule has 0 aromatic rings. The lowest BCUT2D eigenvalue weighted by atomic mass is 15.9. The minimum atomic E-state index is 0.491. The van der Waals surface area contributed by atoms with E-state index in [1.807, 2.05) is 0 Å². The van der Waals surface area contributed by atoms with Crippen LogP contribution in [0.3, 0.4) is 0 Å². The average molecular weight is 178 g/mol. The molecule has 0 unspecified atom stereocenters. The number of rotatable bonds is 4.